The summed E-state index contributed by atoms with van der Waals surface area (Å²) >= 11 is 0. The van der Waals surface area contributed by atoms with Gasteiger partial charge in [0, 0.05) is 0 Å². The molecule has 1 aliphatic rings. The summed E-state index contributed by atoms with van der Waals surface area (Å²) in [5.41, 5.74) is 0. The summed E-state index contributed by atoms with van der Waals surface area (Å²) in [4.78, 5) is 27.9. The van der Waals surface area contributed by atoms with Crippen LogP contribution >= 0.6 is 0 Å². The second-order valence-corrected chi connectivity index (χ2v) is 13.2. The zero-order chi connectivity index (χ0) is 29.6. The maximum atomic E-state index is 10.3. The van der Waals surface area contributed by atoms with Crippen LogP contribution in [0.15, 0.2) is 9.98 Å². The lowest BCUT2D eigenvalue weighted by Crippen LogP contribution is -2.35. The Morgan fingerprint density at radius 3 is 1.15 bits per heavy atom. The molecule has 4 nitrogen and oxygen atoms in total. The fraction of sp³-hybridized carbons (Fsp3) is 0.946. The number of aliphatic imine (C=N–C) groups is 2. The first-order valence-corrected chi connectivity index (χ1v) is 18.4. The lowest BCUT2D eigenvalue weighted by molar-refractivity contribution is 0.0581. The Hall–Kier alpha value is -1.24. The number of nitrogens with zero attached hydrogens (tertiary/aromatic N) is 2. The SMILES string of the molecule is CCCCCCCCC1C(CCCCCC)CCC(CCCCCCCCN=C=O)C1CCCCCCCN=C=O. The Kier molecular flexibility index (Phi) is 26.6. The van der Waals surface area contributed by atoms with Gasteiger partial charge in [0.25, 0.3) is 0 Å². The van der Waals surface area contributed by atoms with Crippen LogP contribution in [0, 0.1) is 23.7 Å². The lowest BCUT2D eigenvalue weighted by Gasteiger charge is -2.44. The van der Waals surface area contributed by atoms with Gasteiger partial charge in [-0.3, -0.25) is 0 Å². The highest BCUT2D eigenvalue weighted by molar-refractivity contribution is 5.32. The number of carbonyl (C=O) groups excluding carboxylic acids is 2. The van der Waals surface area contributed by atoms with Crippen LogP contribution < -0.4 is 0 Å². The maximum Gasteiger partial charge on any atom is 0.234 e. The number of unbranched alkanes of at least 4 members (excludes halogenated alkanes) is 17. The molecule has 0 N–H and O–H groups in total. The van der Waals surface area contributed by atoms with Gasteiger partial charge in [-0.2, -0.15) is 0 Å². The smallest absolute Gasteiger partial charge is 0.211 e. The highest BCUT2D eigenvalue weighted by Crippen LogP contribution is 2.47. The van der Waals surface area contributed by atoms with E-state index < -0.39 is 0 Å². The number of isocyanates is 2. The predicted molar refractivity (Wildman–Crippen MR) is 176 cm³/mol. The minimum Gasteiger partial charge on any atom is -0.211 e. The van der Waals surface area contributed by atoms with E-state index in [4.69, 9.17) is 0 Å². The van der Waals surface area contributed by atoms with Gasteiger partial charge < -0.3 is 0 Å². The van der Waals surface area contributed by atoms with Gasteiger partial charge in [0.15, 0.2) is 0 Å². The molecule has 4 heteroatoms. The van der Waals surface area contributed by atoms with E-state index in [1.54, 1.807) is 12.2 Å². The molecule has 0 saturated heterocycles. The predicted octanol–water partition coefficient (Wildman–Crippen LogP) is 11.7. The van der Waals surface area contributed by atoms with Gasteiger partial charge in [0.2, 0.25) is 12.2 Å². The van der Waals surface area contributed by atoms with Gasteiger partial charge in [0.1, 0.15) is 0 Å². The molecular weight excluding hydrogens is 504 g/mol. The fourth-order valence-corrected chi connectivity index (χ4v) is 7.66. The minimum atomic E-state index is 0.652. The van der Waals surface area contributed by atoms with Crippen molar-refractivity contribution >= 4 is 12.2 Å². The highest BCUT2D eigenvalue weighted by Gasteiger charge is 2.37. The van der Waals surface area contributed by atoms with E-state index in [0.29, 0.717) is 13.1 Å². The quantitative estimate of drug-likeness (QED) is 0.0508. The van der Waals surface area contributed by atoms with Gasteiger partial charge in [-0.1, -0.05) is 149 Å². The Morgan fingerprint density at radius 2 is 0.756 bits per heavy atom. The van der Waals surface area contributed by atoms with Crippen LogP contribution in [0.5, 0.6) is 0 Å². The normalized spacial score (nSPS) is 20.4. The molecule has 0 heterocycles. The van der Waals surface area contributed by atoms with Crippen molar-refractivity contribution in [1.29, 1.82) is 0 Å². The van der Waals surface area contributed by atoms with E-state index >= 15 is 0 Å². The Bertz CT molecular complexity index is 668. The first-order valence-electron chi connectivity index (χ1n) is 18.4. The van der Waals surface area contributed by atoms with Crippen LogP contribution in [0.2, 0.25) is 0 Å². The molecule has 1 fully saturated rings. The van der Waals surface area contributed by atoms with Crippen LogP contribution in [0.4, 0.5) is 0 Å². The molecule has 0 aromatic heterocycles. The fourth-order valence-electron chi connectivity index (χ4n) is 7.66. The first kappa shape index (κ1) is 37.8. The van der Waals surface area contributed by atoms with Crippen molar-refractivity contribution in [2.75, 3.05) is 13.1 Å². The average molecular weight is 573 g/mol. The van der Waals surface area contributed by atoms with E-state index in [-0.39, 0.29) is 0 Å². The minimum absolute atomic E-state index is 0.652. The second kappa shape index (κ2) is 28.9. The van der Waals surface area contributed by atoms with Crippen molar-refractivity contribution in [3.05, 3.63) is 0 Å². The Labute approximate surface area is 255 Å². The van der Waals surface area contributed by atoms with Gasteiger partial charge in [-0.25, -0.2) is 19.6 Å². The molecule has 0 radical (unpaired) electrons. The second-order valence-electron chi connectivity index (χ2n) is 13.2. The monoisotopic (exact) mass is 573 g/mol. The van der Waals surface area contributed by atoms with E-state index in [1.807, 2.05) is 0 Å². The zero-order valence-electron chi connectivity index (χ0n) is 27.5. The largest absolute Gasteiger partial charge is 0.234 e. The number of hydrogen-bond acceptors (Lipinski definition) is 4. The highest BCUT2D eigenvalue weighted by atomic mass is 16.1. The van der Waals surface area contributed by atoms with Crippen molar-refractivity contribution in [1.82, 2.24) is 0 Å². The van der Waals surface area contributed by atoms with Gasteiger partial charge in [-0.15, -0.1) is 0 Å². The van der Waals surface area contributed by atoms with Gasteiger partial charge >= 0.3 is 0 Å². The molecular formula is C37H68N2O2. The third kappa shape index (κ3) is 20.3. The van der Waals surface area contributed by atoms with Crippen molar-refractivity contribution in [3.63, 3.8) is 0 Å². The third-order valence-corrected chi connectivity index (χ3v) is 10.0. The van der Waals surface area contributed by atoms with E-state index in [9.17, 15) is 9.59 Å². The Balaban J connectivity index is 2.69. The molecule has 0 bridgehead atoms. The van der Waals surface area contributed by atoms with E-state index in [2.05, 4.69) is 23.8 Å². The molecule has 4 unspecified atom stereocenters. The first-order chi connectivity index (χ1) is 20.3. The van der Waals surface area contributed by atoms with Crippen LogP contribution in [0.1, 0.15) is 187 Å². The average Bonchev–Trinajstić information content (AvgIpc) is 2.98. The molecule has 0 amide bonds. The standard InChI is InChI=1S/C37H68N2O2/c1-3-5-7-9-14-20-26-36-34(24-18-8-6-4-2)28-29-35(25-19-13-10-11-16-22-30-38-32-40)37(36)27-21-15-12-17-23-31-39-33-41/h34-37H,3-31H2,1-2H3. The molecule has 1 saturated carbocycles. The zero-order valence-corrected chi connectivity index (χ0v) is 27.5. The van der Waals surface area contributed by atoms with Crippen LogP contribution in [-0.2, 0) is 9.59 Å². The molecule has 1 aliphatic carbocycles. The third-order valence-electron chi connectivity index (χ3n) is 10.0. The summed E-state index contributed by atoms with van der Waals surface area (Å²) in [7, 11) is 0. The maximum absolute atomic E-state index is 10.3. The summed E-state index contributed by atoms with van der Waals surface area (Å²) in [5, 5.41) is 0. The van der Waals surface area contributed by atoms with Crippen molar-refractivity contribution in [2.45, 2.75) is 187 Å². The van der Waals surface area contributed by atoms with Gasteiger partial charge in [0.05, 0.1) is 13.1 Å². The van der Waals surface area contributed by atoms with Crippen molar-refractivity contribution < 1.29 is 9.59 Å². The molecule has 0 aromatic rings. The van der Waals surface area contributed by atoms with Crippen LogP contribution in [-0.4, -0.2) is 25.2 Å². The summed E-state index contributed by atoms with van der Waals surface area (Å²) in [5.74, 6) is 3.81. The van der Waals surface area contributed by atoms with Gasteiger partial charge in [-0.05, 0) is 62.2 Å². The van der Waals surface area contributed by atoms with Crippen LogP contribution in [0.3, 0.4) is 0 Å². The molecule has 41 heavy (non-hydrogen) atoms. The van der Waals surface area contributed by atoms with Crippen LogP contribution in [0.25, 0.3) is 0 Å². The molecule has 1 rings (SSSR count). The summed E-state index contributed by atoms with van der Waals surface area (Å²) in [6.45, 7) is 5.96. The number of rotatable bonds is 29. The molecule has 0 spiro atoms. The summed E-state index contributed by atoms with van der Waals surface area (Å²) in [6, 6.07) is 0. The number of hydrogen-bond donors (Lipinski definition) is 0. The summed E-state index contributed by atoms with van der Waals surface area (Å²) < 4.78 is 0. The molecule has 0 aromatic carbocycles. The lowest BCUT2D eigenvalue weighted by atomic mass is 9.61. The van der Waals surface area contributed by atoms with Crippen molar-refractivity contribution in [2.24, 2.45) is 33.7 Å². The van der Waals surface area contributed by atoms with Crippen molar-refractivity contribution in [3.8, 4) is 0 Å². The van der Waals surface area contributed by atoms with E-state index in [0.717, 1.165) is 36.5 Å². The summed E-state index contributed by atoms with van der Waals surface area (Å²) in [6.07, 6.45) is 40.1. The molecule has 0 aliphatic heterocycles. The van der Waals surface area contributed by atoms with E-state index in [1.165, 1.54) is 161 Å². The topological polar surface area (TPSA) is 58.9 Å². The Morgan fingerprint density at radius 1 is 0.439 bits per heavy atom. The molecule has 4 atom stereocenters. The molecule has 238 valence electrons.